The monoisotopic (exact) mass is 229 g/mol. The van der Waals surface area contributed by atoms with Gasteiger partial charge in [0.1, 0.15) is 5.88 Å². The molecule has 0 aliphatic heterocycles. The molecule has 2 nitrogen and oxygen atoms in total. The number of halogens is 1. The second kappa shape index (κ2) is 5.94. The minimum atomic E-state index is -0.171. The Bertz CT molecular complexity index is 317. The summed E-state index contributed by atoms with van der Waals surface area (Å²) in [6, 6.07) is 7.71. The first-order chi connectivity index (χ1) is 6.77. The largest absolute Gasteiger partial charge is 0.324 e. The Hall–Kier alpha value is -0.670. The van der Waals surface area contributed by atoms with Gasteiger partial charge >= 0.3 is 0 Å². The molecule has 1 aromatic carbocycles. The summed E-state index contributed by atoms with van der Waals surface area (Å²) in [6.45, 7) is 2.07. The molecular weight excluding hydrogens is 218 g/mol. The molecule has 0 spiro atoms. The Morgan fingerprint density at radius 2 is 2.21 bits per heavy atom. The van der Waals surface area contributed by atoms with Crippen molar-refractivity contribution >= 4 is 35.0 Å². The number of thioether (sulfide) groups is 1. The van der Waals surface area contributed by atoms with Crippen LogP contribution in [0.3, 0.4) is 0 Å². The number of carbonyl (C=O) groups excluding carboxylic acids is 1. The lowest BCUT2D eigenvalue weighted by Gasteiger charge is -2.08. The first-order valence-electron chi connectivity index (χ1n) is 4.35. The number of amides is 1. The highest BCUT2D eigenvalue weighted by Crippen LogP contribution is 2.26. The lowest BCUT2D eigenvalue weighted by molar-refractivity contribution is -0.113. The molecule has 14 heavy (non-hydrogen) atoms. The van der Waals surface area contributed by atoms with E-state index < -0.39 is 0 Å². The predicted octanol–water partition coefficient (Wildman–Crippen LogP) is 2.98. The van der Waals surface area contributed by atoms with Gasteiger partial charge < -0.3 is 5.32 Å². The highest BCUT2D eigenvalue weighted by molar-refractivity contribution is 7.99. The Labute approximate surface area is 93.0 Å². The Morgan fingerprint density at radius 3 is 2.86 bits per heavy atom. The van der Waals surface area contributed by atoms with Crippen molar-refractivity contribution in [1.29, 1.82) is 0 Å². The fraction of sp³-hybridized carbons (Fsp3) is 0.300. The van der Waals surface area contributed by atoms with E-state index in [0.29, 0.717) is 0 Å². The van der Waals surface area contributed by atoms with Gasteiger partial charge in [-0.2, -0.15) is 0 Å². The SMILES string of the molecule is CCSc1ccccc1NC(=O)CCl. The van der Waals surface area contributed by atoms with Crippen molar-refractivity contribution < 1.29 is 4.79 Å². The smallest absolute Gasteiger partial charge is 0.239 e. The second-order valence-electron chi connectivity index (χ2n) is 2.61. The third-order valence-corrected chi connectivity index (χ3v) is 2.78. The predicted molar refractivity (Wildman–Crippen MR) is 62.2 cm³/mol. The maximum Gasteiger partial charge on any atom is 0.239 e. The Balaban J connectivity index is 2.78. The molecule has 0 bridgehead atoms. The number of benzene rings is 1. The van der Waals surface area contributed by atoms with E-state index in [1.54, 1.807) is 11.8 Å². The highest BCUT2D eigenvalue weighted by atomic mass is 35.5. The summed E-state index contributed by atoms with van der Waals surface area (Å²) in [5, 5.41) is 2.75. The molecule has 0 fully saturated rings. The summed E-state index contributed by atoms with van der Waals surface area (Å²) in [5.74, 6) is 0.801. The van der Waals surface area contributed by atoms with E-state index in [1.165, 1.54) is 0 Å². The quantitative estimate of drug-likeness (QED) is 0.635. The molecule has 1 rings (SSSR count). The van der Waals surface area contributed by atoms with Gasteiger partial charge in [-0.15, -0.1) is 23.4 Å². The number of carbonyl (C=O) groups is 1. The highest BCUT2D eigenvalue weighted by Gasteiger charge is 2.04. The van der Waals surface area contributed by atoms with Crippen molar-refractivity contribution in [3.63, 3.8) is 0 Å². The van der Waals surface area contributed by atoms with Crippen LogP contribution in [0.15, 0.2) is 29.2 Å². The van der Waals surface area contributed by atoms with Crippen LogP contribution in [0.25, 0.3) is 0 Å². The standard InChI is InChI=1S/C10H12ClNOS/c1-2-14-9-6-4-3-5-8(9)12-10(13)7-11/h3-6H,2,7H2,1H3,(H,12,13). The summed E-state index contributed by atoms with van der Waals surface area (Å²) in [6.07, 6.45) is 0. The normalized spacial score (nSPS) is 9.86. The number of para-hydroxylation sites is 1. The van der Waals surface area contributed by atoms with Crippen LogP contribution < -0.4 is 5.32 Å². The molecule has 0 radical (unpaired) electrons. The maximum absolute atomic E-state index is 11.1. The van der Waals surface area contributed by atoms with E-state index in [2.05, 4.69) is 12.2 Å². The van der Waals surface area contributed by atoms with Gasteiger partial charge in [-0.1, -0.05) is 19.1 Å². The maximum atomic E-state index is 11.1. The molecule has 76 valence electrons. The first kappa shape index (κ1) is 11.4. The zero-order valence-electron chi connectivity index (χ0n) is 7.92. The molecule has 1 aromatic rings. The van der Waals surface area contributed by atoms with Crippen LogP contribution in [0.5, 0.6) is 0 Å². The number of anilines is 1. The molecule has 0 aliphatic rings. The van der Waals surface area contributed by atoms with Crippen LogP contribution >= 0.6 is 23.4 Å². The van der Waals surface area contributed by atoms with Gasteiger partial charge in [-0.05, 0) is 17.9 Å². The number of hydrogen-bond donors (Lipinski definition) is 1. The third-order valence-electron chi connectivity index (χ3n) is 1.58. The number of alkyl halides is 1. The molecule has 0 aromatic heterocycles. The molecule has 0 atom stereocenters. The van der Waals surface area contributed by atoms with Gasteiger partial charge in [0.2, 0.25) is 5.91 Å². The Morgan fingerprint density at radius 1 is 1.50 bits per heavy atom. The van der Waals surface area contributed by atoms with E-state index in [4.69, 9.17) is 11.6 Å². The van der Waals surface area contributed by atoms with Gasteiger partial charge in [-0.3, -0.25) is 4.79 Å². The fourth-order valence-electron chi connectivity index (χ4n) is 1.03. The van der Waals surface area contributed by atoms with Crippen LogP contribution in [-0.4, -0.2) is 17.5 Å². The third kappa shape index (κ3) is 3.24. The molecule has 1 amide bonds. The van der Waals surface area contributed by atoms with Gasteiger partial charge in [-0.25, -0.2) is 0 Å². The lowest BCUT2D eigenvalue weighted by Crippen LogP contribution is -2.13. The van der Waals surface area contributed by atoms with E-state index in [0.717, 1.165) is 16.3 Å². The molecule has 0 heterocycles. The summed E-state index contributed by atoms with van der Waals surface area (Å²) in [4.78, 5) is 12.2. The number of rotatable bonds is 4. The van der Waals surface area contributed by atoms with E-state index in [9.17, 15) is 4.79 Å². The van der Waals surface area contributed by atoms with Crippen LogP contribution in [0.1, 0.15) is 6.92 Å². The summed E-state index contributed by atoms with van der Waals surface area (Å²) < 4.78 is 0. The summed E-state index contributed by atoms with van der Waals surface area (Å²) in [7, 11) is 0. The summed E-state index contributed by atoms with van der Waals surface area (Å²) >= 11 is 7.11. The van der Waals surface area contributed by atoms with Crippen molar-refractivity contribution in [2.24, 2.45) is 0 Å². The summed E-state index contributed by atoms with van der Waals surface area (Å²) in [5.41, 5.74) is 0.838. The second-order valence-corrected chi connectivity index (χ2v) is 4.18. The lowest BCUT2D eigenvalue weighted by atomic mass is 10.3. The van der Waals surface area contributed by atoms with Crippen molar-refractivity contribution in [1.82, 2.24) is 0 Å². The van der Waals surface area contributed by atoms with E-state index in [-0.39, 0.29) is 11.8 Å². The number of nitrogens with one attached hydrogen (secondary N) is 1. The molecule has 0 aliphatic carbocycles. The average molecular weight is 230 g/mol. The van der Waals surface area contributed by atoms with Gasteiger partial charge in [0.05, 0.1) is 5.69 Å². The average Bonchev–Trinajstić information content (AvgIpc) is 2.21. The van der Waals surface area contributed by atoms with Crippen molar-refractivity contribution in [2.45, 2.75) is 11.8 Å². The molecular formula is C10H12ClNOS. The van der Waals surface area contributed by atoms with Gasteiger partial charge in [0.15, 0.2) is 0 Å². The minimum absolute atomic E-state index is 0.00880. The topological polar surface area (TPSA) is 29.1 Å². The minimum Gasteiger partial charge on any atom is -0.324 e. The molecule has 1 N–H and O–H groups in total. The molecule has 0 unspecified atom stereocenters. The van der Waals surface area contributed by atoms with Gasteiger partial charge in [0.25, 0.3) is 0 Å². The van der Waals surface area contributed by atoms with E-state index >= 15 is 0 Å². The van der Waals surface area contributed by atoms with Crippen LogP contribution in [0.4, 0.5) is 5.69 Å². The molecule has 0 saturated carbocycles. The van der Waals surface area contributed by atoms with Crippen LogP contribution in [-0.2, 0) is 4.79 Å². The molecule has 4 heteroatoms. The zero-order valence-corrected chi connectivity index (χ0v) is 9.49. The number of hydrogen-bond acceptors (Lipinski definition) is 2. The van der Waals surface area contributed by atoms with Gasteiger partial charge in [0, 0.05) is 4.90 Å². The van der Waals surface area contributed by atoms with Crippen LogP contribution in [0.2, 0.25) is 0 Å². The first-order valence-corrected chi connectivity index (χ1v) is 5.87. The van der Waals surface area contributed by atoms with Crippen molar-refractivity contribution in [3.05, 3.63) is 24.3 Å². The molecule has 0 saturated heterocycles. The Kier molecular flexibility index (Phi) is 4.84. The van der Waals surface area contributed by atoms with Crippen molar-refractivity contribution in [2.75, 3.05) is 16.9 Å². The fourth-order valence-corrected chi connectivity index (χ4v) is 1.86. The van der Waals surface area contributed by atoms with Crippen molar-refractivity contribution in [3.8, 4) is 0 Å². The zero-order chi connectivity index (χ0) is 10.4. The van der Waals surface area contributed by atoms with E-state index in [1.807, 2.05) is 24.3 Å². The van der Waals surface area contributed by atoms with Crippen LogP contribution in [0, 0.1) is 0 Å².